The third-order valence-electron chi connectivity index (χ3n) is 20.0. The second-order valence-corrected chi connectivity index (χ2v) is 25.1. The molecule has 4 unspecified atom stereocenters. The Morgan fingerprint density at radius 3 is 1.24 bits per heavy atom. The van der Waals surface area contributed by atoms with Crippen LogP contribution in [0.15, 0.2) is 359 Å². The van der Waals surface area contributed by atoms with Crippen molar-refractivity contribution in [2.45, 2.75) is 16.7 Å². The van der Waals surface area contributed by atoms with Crippen LogP contribution in [-0.4, -0.2) is 14.2 Å². The van der Waals surface area contributed by atoms with E-state index in [-0.39, 0.29) is 11.8 Å². The van der Waals surface area contributed by atoms with Crippen molar-refractivity contribution >= 4 is 40.6 Å². The minimum atomic E-state index is -0.702. The van der Waals surface area contributed by atoms with E-state index in [9.17, 15) is 0 Å². The molecule has 0 amide bonds. The molecule has 0 spiro atoms. The summed E-state index contributed by atoms with van der Waals surface area (Å²) >= 11 is 0. The predicted molar refractivity (Wildman–Crippen MR) is 401 cm³/mol. The van der Waals surface area contributed by atoms with Crippen LogP contribution in [0.3, 0.4) is 0 Å². The lowest BCUT2D eigenvalue weighted by atomic mass is 9.63. The van der Waals surface area contributed by atoms with Gasteiger partial charge in [-0.3, -0.25) is 0 Å². The van der Waals surface area contributed by atoms with Crippen LogP contribution in [0.5, 0.6) is 34.5 Å². The second-order valence-electron chi connectivity index (χ2n) is 25.1. The molecule has 0 saturated heterocycles. The quantitative estimate of drug-likeness (QED) is 0.0804. The molecule has 472 valence electrons. The van der Waals surface area contributed by atoms with E-state index in [0.717, 1.165) is 102 Å². The van der Waals surface area contributed by atoms with Crippen molar-refractivity contribution in [1.29, 1.82) is 0 Å². The monoisotopic (exact) mass is 1270 g/mol. The van der Waals surface area contributed by atoms with Crippen molar-refractivity contribution in [2.24, 2.45) is 5.92 Å². The summed E-state index contributed by atoms with van der Waals surface area (Å²) in [5.41, 5.74) is 21.4. The molecule has 0 N–H and O–H groups in total. The Hall–Kier alpha value is -12.4. The van der Waals surface area contributed by atoms with Gasteiger partial charge in [-0.05, 0) is 217 Å². The number of ether oxygens (including phenoxy) is 4. The van der Waals surface area contributed by atoms with Gasteiger partial charge in [0, 0.05) is 46.0 Å². The van der Waals surface area contributed by atoms with Crippen molar-refractivity contribution in [3.8, 4) is 56.8 Å². The van der Waals surface area contributed by atoms with E-state index >= 15 is 0 Å². The Kier molecular flexibility index (Phi) is 15.9. The molecule has 16 rings (SSSR count). The minimum Gasteiger partial charge on any atom is -0.497 e. The van der Waals surface area contributed by atoms with Gasteiger partial charge in [-0.1, -0.05) is 226 Å². The van der Waals surface area contributed by atoms with Gasteiger partial charge in [-0.2, -0.15) is 0 Å². The minimum absolute atomic E-state index is 0.0133. The van der Waals surface area contributed by atoms with Gasteiger partial charge in [0.1, 0.15) is 34.5 Å². The first-order valence-electron chi connectivity index (χ1n) is 33.3. The van der Waals surface area contributed by atoms with E-state index in [2.05, 4.69) is 314 Å². The molecule has 4 atom stereocenters. The highest BCUT2D eigenvalue weighted by Crippen LogP contribution is 2.62. The topological polar surface area (TPSA) is 43.4 Å². The molecule has 0 saturated carbocycles. The molecule has 0 aliphatic heterocycles. The maximum Gasteiger partial charge on any atom is 0.127 e. The maximum absolute atomic E-state index is 6.45. The first kappa shape index (κ1) is 60.6. The standard InChI is InChI=1S/C92H70N2O4/c1-5-63-25-47-79(48-26-63)97-81-55-37-69(38-56-81)91(67-33-51-77(95-3)52-34-67)87-23-15-13-21-83(87)85-59-45-75(61-89(85)91)93(71-17-9-7-10-18-71)73-41-29-65(30-42-73)66-31-43-74(44-32-66)94(72-19-11-8-12-20-72)76-46-60-86-84-22-14-16-24-88(84)92(90(86)62-76,68-35-53-78(96-4)54-36-68)70-39-57-82(58-40-70)98-80-49-27-64(6-2)28-50-80/h5-62,85,89H,1-2H2,3-4H3. The van der Waals surface area contributed by atoms with Crippen molar-refractivity contribution in [3.63, 3.8) is 0 Å². The summed E-state index contributed by atoms with van der Waals surface area (Å²) in [5, 5.41) is 0. The Labute approximate surface area is 573 Å². The lowest BCUT2D eigenvalue weighted by molar-refractivity contribution is 0.413. The summed E-state index contributed by atoms with van der Waals surface area (Å²) in [6, 6.07) is 115. The predicted octanol–water partition coefficient (Wildman–Crippen LogP) is 23.4. The summed E-state index contributed by atoms with van der Waals surface area (Å²) in [6.07, 6.45) is 11.0. The molecule has 6 nitrogen and oxygen atoms in total. The number of methoxy groups -OCH3 is 2. The number of hydrogen-bond acceptors (Lipinski definition) is 6. The van der Waals surface area contributed by atoms with Crippen molar-refractivity contribution in [3.05, 3.63) is 414 Å². The summed E-state index contributed by atoms with van der Waals surface area (Å²) in [5.74, 6) is 4.76. The van der Waals surface area contributed by atoms with Gasteiger partial charge in [0.2, 0.25) is 0 Å². The lowest BCUT2D eigenvalue weighted by Crippen LogP contribution is -2.36. The van der Waals surface area contributed by atoms with Crippen LogP contribution in [0.2, 0.25) is 0 Å². The smallest absolute Gasteiger partial charge is 0.127 e. The Balaban J connectivity index is 0.750. The van der Waals surface area contributed by atoms with Crippen LogP contribution in [0.25, 0.3) is 34.4 Å². The summed E-state index contributed by atoms with van der Waals surface area (Å²) < 4.78 is 24.4. The molecular formula is C92H70N2O4. The molecule has 6 heteroatoms. The number of rotatable bonds is 19. The number of para-hydroxylation sites is 2. The Morgan fingerprint density at radius 2 is 0.745 bits per heavy atom. The van der Waals surface area contributed by atoms with Crippen LogP contribution >= 0.6 is 0 Å². The van der Waals surface area contributed by atoms with E-state index in [0.29, 0.717) is 0 Å². The van der Waals surface area contributed by atoms with Crippen LogP contribution in [0.1, 0.15) is 61.6 Å². The SMILES string of the molecule is C=Cc1ccc(Oc2ccc(C3(c4ccc(OC)cc4)c4ccccc4-c4ccc(N(c5ccccc5)c5ccc(-c6ccc(N(C7=CC8C(C=C7)c7ccccc7C8(c7ccc(OC)cc7)c7ccc(Oc8ccc(C=C)cc8)cc7)c7ccccc7)cc6)cc5)cc43)cc2)cc1. The molecule has 0 radical (unpaired) electrons. The summed E-state index contributed by atoms with van der Waals surface area (Å²) in [4.78, 5) is 4.78. The number of anilines is 5. The highest BCUT2D eigenvalue weighted by atomic mass is 16.5. The van der Waals surface area contributed by atoms with Gasteiger partial charge in [-0.25, -0.2) is 0 Å². The molecule has 0 bridgehead atoms. The van der Waals surface area contributed by atoms with E-state index in [4.69, 9.17) is 18.9 Å². The molecule has 3 aliphatic rings. The fourth-order valence-electron chi connectivity index (χ4n) is 15.4. The summed E-state index contributed by atoms with van der Waals surface area (Å²) in [6.45, 7) is 7.85. The largest absolute Gasteiger partial charge is 0.497 e. The van der Waals surface area contributed by atoms with Gasteiger partial charge in [0.15, 0.2) is 0 Å². The zero-order chi connectivity index (χ0) is 66.2. The molecule has 98 heavy (non-hydrogen) atoms. The van der Waals surface area contributed by atoms with Crippen molar-refractivity contribution in [1.82, 2.24) is 0 Å². The van der Waals surface area contributed by atoms with E-state index < -0.39 is 10.8 Å². The van der Waals surface area contributed by atoms with Gasteiger partial charge >= 0.3 is 0 Å². The number of nitrogens with zero attached hydrogens (tertiary/aromatic N) is 2. The van der Waals surface area contributed by atoms with Crippen molar-refractivity contribution in [2.75, 3.05) is 24.0 Å². The van der Waals surface area contributed by atoms with Crippen LogP contribution in [-0.2, 0) is 10.8 Å². The summed E-state index contributed by atoms with van der Waals surface area (Å²) in [7, 11) is 3.45. The zero-order valence-electron chi connectivity index (χ0n) is 54.6. The fraction of sp³-hybridized carbons (Fsp3) is 0.0652. The van der Waals surface area contributed by atoms with Gasteiger partial charge in [0.25, 0.3) is 0 Å². The molecular weight excluding hydrogens is 1200 g/mol. The van der Waals surface area contributed by atoms with Gasteiger partial charge < -0.3 is 28.7 Å². The van der Waals surface area contributed by atoms with Gasteiger partial charge in [-0.15, -0.1) is 0 Å². The van der Waals surface area contributed by atoms with Gasteiger partial charge in [0.05, 0.1) is 25.0 Å². The lowest BCUT2D eigenvalue weighted by Gasteiger charge is -2.40. The molecule has 13 aromatic carbocycles. The van der Waals surface area contributed by atoms with Crippen LogP contribution in [0, 0.1) is 5.92 Å². The third kappa shape index (κ3) is 10.6. The molecule has 13 aromatic rings. The molecule has 0 fully saturated rings. The van der Waals surface area contributed by atoms with Crippen molar-refractivity contribution < 1.29 is 18.9 Å². The highest BCUT2D eigenvalue weighted by molar-refractivity contribution is 5.90. The first-order valence-corrected chi connectivity index (χ1v) is 33.3. The number of benzene rings is 13. The Bertz CT molecular complexity index is 5110. The van der Waals surface area contributed by atoms with Crippen LogP contribution < -0.4 is 28.7 Å². The molecule has 0 aromatic heterocycles. The highest BCUT2D eigenvalue weighted by Gasteiger charge is 2.54. The van der Waals surface area contributed by atoms with E-state index in [1.165, 1.54) is 44.5 Å². The average Bonchev–Trinajstić information content (AvgIpc) is 1.53. The molecule has 3 aliphatic carbocycles. The number of allylic oxidation sites excluding steroid dienone is 3. The number of fused-ring (bicyclic) bond motifs is 6. The Morgan fingerprint density at radius 1 is 0.347 bits per heavy atom. The first-order chi connectivity index (χ1) is 48.3. The second kappa shape index (κ2) is 25.7. The van der Waals surface area contributed by atoms with Crippen LogP contribution in [0.4, 0.5) is 28.4 Å². The number of hydrogen-bond donors (Lipinski definition) is 0. The third-order valence-corrected chi connectivity index (χ3v) is 20.0. The molecule has 0 heterocycles. The normalized spacial score (nSPS) is 16.9. The maximum atomic E-state index is 6.45. The van der Waals surface area contributed by atoms with E-state index in [1.54, 1.807) is 14.2 Å². The van der Waals surface area contributed by atoms with E-state index in [1.807, 2.05) is 60.7 Å². The average molecular weight is 1270 g/mol. The zero-order valence-corrected chi connectivity index (χ0v) is 54.6. The fourth-order valence-corrected chi connectivity index (χ4v) is 15.4.